The smallest absolute Gasteiger partial charge is 0.270 e. The molecule has 0 spiro atoms. The van der Waals surface area contributed by atoms with E-state index in [2.05, 4.69) is 15.4 Å². The van der Waals surface area contributed by atoms with Gasteiger partial charge in [0.15, 0.2) is 0 Å². The molecule has 102 valence electrons. The Hall–Kier alpha value is -1.73. The second kappa shape index (κ2) is 5.94. The van der Waals surface area contributed by atoms with Gasteiger partial charge in [-0.25, -0.2) is 4.98 Å². The van der Waals surface area contributed by atoms with E-state index in [1.54, 1.807) is 16.3 Å². The minimum Gasteiger partial charge on any atom is -0.396 e. The molecule has 2 rings (SSSR count). The predicted molar refractivity (Wildman–Crippen MR) is 72.9 cm³/mol. The summed E-state index contributed by atoms with van der Waals surface area (Å²) in [5.41, 5.74) is 1.29. The molecule has 0 fully saturated rings. The molecule has 0 aromatic carbocycles. The van der Waals surface area contributed by atoms with E-state index in [1.807, 2.05) is 20.2 Å². The van der Waals surface area contributed by atoms with Gasteiger partial charge >= 0.3 is 0 Å². The fourth-order valence-electron chi connectivity index (χ4n) is 1.61. The number of nitrogens with zero attached hydrogens (tertiary/aromatic N) is 3. The third-order valence-electron chi connectivity index (χ3n) is 2.63. The molecular weight excluding hydrogens is 264 g/mol. The number of aromatic nitrogens is 3. The summed E-state index contributed by atoms with van der Waals surface area (Å²) in [5, 5.41) is 18.2. The van der Waals surface area contributed by atoms with Crippen LogP contribution in [0, 0.1) is 0 Å². The quantitative estimate of drug-likeness (QED) is 0.857. The molecule has 2 aromatic rings. The van der Waals surface area contributed by atoms with Crippen molar-refractivity contribution in [2.75, 3.05) is 6.61 Å². The van der Waals surface area contributed by atoms with Gasteiger partial charge in [-0.2, -0.15) is 5.10 Å². The maximum absolute atomic E-state index is 11.9. The topological polar surface area (TPSA) is 80.0 Å². The first kappa shape index (κ1) is 13.7. The van der Waals surface area contributed by atoms with E-state index >= 15 is 0 Å². The van der Waals surface area contributed by atoms with Crippen LogP contribution in [0.2, 0.25) is 0 Å². The molecule has 6 nitrogen and oxygen atoms in total. The average molecular weight is 280 g/mol. The Balaban J connectivity index is 2.06. The highest BCUT2D eigenvalue weighted by atomic mass is 32.1. The largest absolute Gasteiger partial charge is 0.396 e. The van der Waals surface area contributed by atoms with Gasteiger partial charge in [0.25, 0.3) is 5.91 Å². The van der Waals surface area contributed by atoms with Crippen molar-refractivity contribution in [2.24, 2.45) is 7.05 Å². The van der Waals surface area contributed by atoms with E-state index in [-0.39, 0.29) is 18.6 Å². The minimum atomic E-state index is -0.215. The molecule has 7 heteroatoms. The zero-order valence-corrected chi connectivity index (χ0v) is 11.6. The number of nitrogens with one attached hydrogen (secondary N) is 1. The normalized spacial score (nSPS) is 12.4. The Bertz CT molecular complexity index is 564. The van der Waals surface area contributed by atoms with Gasteiger partial charge in [-0.05, 0) is 13.3 Å². The van der Waals surface area contributed by atoms with Crippen LogP contribution in [0.1, 0.15) is 23.8 Å². The number of amides is 1. The second-order valence-corrected chi connectivity index (χ2v) is 5.19. The lowest BCUT2D eigenvalue weighted by molar-refractivity contribution is 0.0930. The van der Waals surface area contributed by atoms with Crippen molar-refractivity contribution in [1.82, 2.24) is 20.1 Å². The first-order chi connectivity index (χ1) is 9.10. The molecule has 0 bridgehead atoms. The summed E-state index contributed by atoms with van der Waals surface area (Å²) < 4.78 is 1.69. The third kappa shape index (κ3) is 3.39. The summed E-state index contributed by atoms with van der Waals surface area (Å²) in [4.78, 5) is 16.2. The van der Waals surface area contributed by atoms with Crippen molar-refractivity contribution in [1.29, 1.82) is 0 Å². The lowest BCUT2D eigenvalue weighted by atomic mass is 10.2. The molecule has 1 amide bonds. The number of carbonyl (C=O) groups is 1. The fourth-order valence-corrected chi connectivity index (χ4v) is 2.38. The number of aliphatic hydroxyl groups is 1. The summed E-state index contributed by atoms with van der Waals surface area (Å²) in [6.45, 7) is 1.90. The number of thiazole rings is 1. The van der Waals surface area contributed by atoms with Gasteiger partial charge < -0.3 is 10.4 Å². The average Bonchev–Trinajstić information content (AvgIpc) is 2.97. The van der Waals surface area contributed by atoms with E-state index < -0.39 is 0 Å². The van der Waals surface area contributed by atoms with E-state index in [1.165, 1.54) is 11.3 Å². The van der Waals surface area contributed by atoms with Gasteiger partial charge in [0, 0.05) is 36.8 Å². The molecule has 2 aromatic heterocycles. The molecule has 0 aliphatic rings. The SMILES string of the molecule is CC(CCO)NC(=O)c1csc(-c2cnn(C)c2)n1. The molecule has 0 aliphatic heterocycles. The number of rotatable bonds is 5. The lowest BCUT2D eigenvalue weighted by Gasteiger charge is -2.10. The van der Waals surface area contributed by atoms with Crippen molar-refractivity contribution < 1.29 is 9.90 Å². The molecule has 19 heavy (non-hydrogen) atoms. The highest BCUT2D eigenvalue weighted by Gasteiger charge is 2.14. The van der Waals surface area contributed by atoms with Crippen LogP contribution in [-0.4, -0.2) is 38.4 Å². The van der Waals surface area contributed by atoms with Crippen LogP contribution in [0.4, 0.5) is 0 Å². The van der Waals surface area contributed by atoms with Crippen LogP contribution >= 0.6 is 11.3 Å². The molecular formula is C12H16N4O2S. The van der Waals surface area contributed by atoms with E-state index in [0.717, 1.165) is 10.6 Å². The maximum atomic E-state index is 11.9. The zero-order chi connectivity index (χ0) is 13.8. The summed E-state index contributed by atoms with van der Waals surface area (Å²) in [6, 6.07) is -0.0685. The summed E-state index contributed by atoms with van der Waals surface area (Å²) in [5.74, 6) is -0.215. The number of carbonyl (C=O) groups excluding carboxylic acids is 1. The van der Waals surface area contributed by atoms with Gasteiger partial charge in [-0.3, -0.25) is 9.48 Å². The van der Waals surface area contributed by atoms with Gasteiger partial charge in [0.2, 0.25) is 0 Å². The van der Waals surface area contributed by atoms with Crippen LogP contribution < -0.4 is 5.32 Å². The first-order valence-electron chi connectivity index (χ1n) is 5.96. The summed E-state index contributed by atoms with van der Waals surface area (Å²) >= 11 is 1.41. The van der Waals surface area contributed by atoms with Crippen LogP contribution in [0.3, 0.4) is 0 Å². The molecule has 1 atom stereocenters. The Kier molecular flexibility index (Phi) is 4.28. The molecule has 0 radical (unpaired) electrons. The molecule has 2 heterocycles. The van der Waals surface area contributed by atoms with Gasteiger partial charge in [-0.1, -0.05) is 0 Å². The highest BCUT2D eigenvalue weighted by Crippen LogP contribution is 2.22. The van der Waals surface area contributed by atoms with E-state index in [0.29, 0.717) is 12.1 Å². The van der Waals surface area contributed by atoms with Crippen molar-refractivity contribution in [3.63, 3.8) is 0 Å². The van der Waals surface area contributed by atoms with E-state index in [4.69, 9.17) is 5.11 Å². The molecule has 1 unspecified atom stereocenters. The Labute approximate surface area is 115 Å². The number of aliphatic hydroxyl groups excluding tert-OH is 1. The second-order valence-electron chi connectivity index (χ2n) is 4.33. The van der Waals surface area contributed by atoms with Crippen LogP contribution in [0.15, 0.2) is 17.8 Å². The number of aryl methyl sites for hydroxylation is 1. The Morgan fingerprint density at radius 2 is 2.42 bits per heavy atom. The number of hydrogen-bond donors (Lipinski definition) is 2. The van der Waals surface area contributed by atoms with Crippen LogP contribution in [0.5, 0.6) is 0 Å². The number of hydrogen-bond acceptors (Lipinski definition) is 5. The van der Waals surface area contributed by atoms with Crippen molar-refractivity contribution in [3.8, 4) is 10.6 Å². The predicted octanol–water partition coefficient (Wildman–Crippen LogP) is 1.04. The van der Waals surface area contributed by atoms with Crippen molar-refractivity contribution in [2.45, 2.75) is 19.4 Å². The molecule has 2 N–H and O–H groups in total. The minimum absolute atomic E-state index is 0.0550. The zero-order valence-electron chi connectivity index (χ0n) is 10.8. The van der Waals surface area contributed by atoms with Gasteiger partial charge in [0.1, 0.15) is 10.7 Å². The fraction of sp³-hybridized carbons (Fsp3) is 0.417. The molecule has 0 saturated carbocycles. The standard InChI is InChI=1S/C12H16N4O2S/c1-8(3-4-17)14-11(18)10-7-19-12(15-10)9-5-13-16(2)6-9/h5-8,17H,3-4H2,1-2H3,(H,14,18). The summed E-state index contributed by atoms with van der Waals surface area (Å²) in [6.07, 6.45) is 4.11. The van der Waals surface area contributed by atoms with Gasteiger partial charge in [-0.15, -0.1) is 11.3 Å². The Morgan fingerprint density at radius 3 is 3.05 bits per heavy atom. The lowest BCUT2D eigenvalue weighted by Crippen LogP contribution is -2.33. The van der Waals surface area contributed by atoms with Crippen molar-refractivity contribution >= 4 is 17.2 Å². The van der Waals surface area contributed by atoms with Crippen LogP contribution in [-0.2, 0) is 7.05 Å². The molecule has 0 saturated heterocycles. The van der Waals surface area contributed by atoms with Gasteiger partial charge in [0.05, 0.1) is 6.20 Å². The van der Waals surface area contributed by atoms with E-state index in [9.17, 15) is 4.79 Å². The maximum Gasteiger partial charge on any atom is 0.270 e. The first-order valence-corrected chi connectivity index (χ1v) is 6.84. The molecule has 0 aliphatic carbocycles. The highest BCUT2D eigenvalue weighted by molar-refractivity contribution is 7.13. The third-order valence-corrected chi connectivity index (χ3v) is 3.52. The summed E-state index contributed by atoms with van der Waals surface area (Å²) in [7, 11) is 1.83. The Morgan fingerprint density at radius 1 is 1.63 bits per heavy atom. The van der Waals surface area contributed by atoms with Crippen molar-refractivity contribution in [3.05, 3.63) is 23.5 Å². The monoisotopic (exact) mass is 280 g/mol. The van der Waals surface area contributed by atoms with Crippen LogP contribution in [0.25, 0.3) is 10.6 Å².